The van der Waals surface area contributed by atoms with Crippen LogP contribution in [0.4, 0.5) is 19.0 Å². The first kappa shape index (κ1) is 12.1. The molecule has 0 amide bonds. The Morgan fingerprint density at radius 2 is 2.18 bits per heavy atom. The summed E-state index contributed by atoms with van der Waals surface area (Å²) in [6.07, 6.45) is -3.46. The highest BCUT2D eigenvalue weighted by atomic mass is 19.4. The highest BCUT2D eigenvalue weighted by molar-refractivity contribution is 5.41. The van der Waals surface area contributed by atoms with Crippen molar-refractivity contribution in [2.45, 2.75) is 19.1 Å². The van der Waals surface area contributed by atoms with Crippen molar-refractivity contribution < 1.29 is 13.2 Å². The zero-order valence-electron chi connectivity index (χ0n) is 9.33. The Balaban J connectivity index is 2.26. The van der Waals surface area contributed by atoms with E-state index in [1.165, 1.54) is 0 Å². The number of anilines is 1. The third-order valence-corrected chi connectivity index (χ3v) is 2.74. The molecule has 0 aliphatic carbocycles. The molecule has 1 saturated heterocycles. The fraction of sp³-hybridized carbons (Fsp3) is 0.600. The van der Waals surface area contributed by atoms with Gasteiger partial charge in [0.15, 0.2) is 0 Å². The molecule has 17 heavy (non-hydrogen) atoms. The summed E-state index contributed by atoms with van der Waals surface area (Å²) in [5, 5.41) is 3.17. The van der Waals surface area contributed by atoms with Gasteiger partial charge in [0, 0.05) is 31.7 Å². The first-order chi connectivity index (χ1) is 7.98. The Morgan fingerprint density at radius 1 is 1.41 bits per heavy atom. The molecule has 2 rings (SSSR count). The molecule has 1 N–H and O–H groups in total. The summed E-state index contributed by atoms with van der Waals surface area (Å²) in [7, 11) is 0. The summed E-state index contributed by atoms with van der Waals surface area (Å²) in [4.78, 5) is 9.02. The number of rotatable bonds is 1. The van der Waals surface area contributed by atoms with E-state index in [1.54, 1.807) is 0 Å². The molecule has 1 aliphatic rings. The lowest BCUT2D eigenvalue weighted by atomic mass is 10.2. The Labute approximate surface area is 96.9 Å². The van der Waals surface area contributed by atoms with Crippen LogP contribution in [-0.2, 0) is 6.18 Å². The molecule has 0 spiro atoms. The van der Waals surface area contributed by atoms with E-state index in [0.29, 0.717) is 12.4 Å². The molecule has 1 atom stereocenters. The highest BCUT2D eigenvalue weighted by Gasteiger charge is 2.33. The van der Waals surface area contributed by atoms with Gasteiger partial charge < -0.3 is 10.2 Å². The summed E-state index contributed by atoms with van der Waals surface area (Å²) in [6.45, 7) is 4.08. The minimum Gasteiger partial charge on any atom is -0.351 e. The second-order valence-electron chi connectivity index (χ2n) is 4.01. The quantitative estimate of drug-likeness (QED) is 0.810. The smallest absolute Gasteiger partial charge is 0.351 e. The lowest BCUT2D eigenvalue weighted by molar-refractivity contribution is -0.141. The molecule has 0 unspecified atom stereocenters. The average Bonchev–Trinajstić information content (AvgIpc) is 2.29. The molecule has 0 saturated carbocycles. The van der Waals surface area contributed by atoms with E-state index in [4.69, 9.17) is 0 Å². The molecule has 7 heteroatoms. The zero-order valence-corrected chi connectivity index (χ0v) is 9.33. The molecule has 0 aromatic carbocycles. The fourth-order valence-electron chi connectivity index (χ4n) is 1.84. The Kier molecular flexibility index (Phi) is 3.19. The lowest BCUT2D eigenvalue weighted by Gasteiger charge is -2.34. The van der Waals surface area contributed by atoms with Gasteiger partial charge in [0.25, 0.3) is 0 Å². The van der Waals surface area contributed by atoms with Gasteiger partial charge in [-0.2, -0.15) is 13.2 Å². The van der Waals surface area contributed by atoms with Crippen molar-refractivity contribution in [1.82, 2.24) is 15.3 Å². The maximum absolute atomic E-state index is 12.5. The van der Waals surface area contributed by atoms with Crippen molar-refractivity contribution in [3.05, 3.63) is 18.1 Å². The molecular formula is C10H13F3N4. The predicted octanol–water partition coefficient (Wildman–Crippen LogP) is 1.29. The molecule has 1 aliphatic heterocycles. The fourth-order valence-corrected chi connectivity index (χ4v) is 1.84. The Hall–Kier alpha value is -1.37. The minimum atomic E-state index is -4.42. The normalized spacial score (nSPS) is 21.6. The van der Waals surface area contributed by atoms with Crippen molar-refractivity contribution in [2.75, 3.05) is 24.5 Å². The van der Waals surface area contributed by atoms with Crippen LogP contribution in [0, 0.1) is 0 Å². The molecule has 2 heterocycles. The van der Waals surface area contributed by atoms with E-state index >= 15 is 0 Å². The van der Waals surface area contributed by atoms with E-state index < -0.39 is 11.9 Å². The van der Waals surface area contributed by atoms with Crippen LogP contribution in [0.3, 0.4) is 0 Å². The van der Waals surface area contributed by atoms with Gasteiger partial charge in [-0.15, -0.1) is 0 Å². The van der Waals surface area contributed by atoms with Gasteiger partial charge in [-0.05, 0) is 6.92 Å². The molecule has 1 aromatic heterocycles. The van der Waals surface area contributed by atoms with E-state index in [-0.39, 0.29) is 6.04 Å². The van der Waals surface area contributed by atoms with Gasteiger partial charge in [0.05, 0.1) is 0 Å². The number of alkyl halides is 3. The second-order valence-corrected chi connectivity index (χ2v) is 4.01. The predicted molar refractivity (Wildman–Crippen MR) is 56.7 cm³/mol. The minimum absolute atomic E-state index is 0.125. The number of piperazine rings is 1. The van der Waals surface area contributed by atoms with E-state index in [2.05, 4.69) is 15.3 Å². The van der Waals surface area contributed by atoms with Gasteiger partial charge in [0.1, 0.15) is 17.8 Å². The third-order valence-electron chi connectivity index (χ3n) is 2.74. The first-order valence-electron chi connectivity index (χ1n) is 5.35. The van der Waals surface area contributed by atoms with E-state index in [1.807, 2.05) is 11.8 Å². The van der Waals surface area contributed by atoms with Gasteiger partial charge >= 0.3 is 6.18 Å². The third kappa shape index (κ3) is 2.66. The number of nitrogens with zero attached hydrogens (tertiary/aromatic N) is 3. The molecule has 0 radical (unpaired) electrons. The van der Waals surface area contributed by atoms with Crippen LogP contribution in [0.2, 0.25) is 0 Å². The second kappa shape index (κ2) is 4.48. The summed E-state index contributed by atoms with van der Waals surface area (Å²) in [5.74, 6) is 0.335. The lowest BCUT2D eigenvalue weighted by Crippen LogP contribution is -2.50. The first-order valence-corrected chi connectivity index (χ1v) is 5.35. The average molecular weight is 246 g/mol. The maximum atomic E-state index is 12.5. The summed E-state index contributed by atoms with van der Waals surface area (Å²) in [5.41, 5.74) is -0.895. The SMILES string of the molecule is C[C@@H]1CNCCN1c1cc(C(F)(F)F)ncn1. The van der Waals surface area contributed by atoms with E-state index in [0.717, 1.165) is 25.5 Å². The Morgan fingerprint density at radius 3 is 2.82 bits per heavy atom. The molecule has 0 bridgehead atoms. The van der Waals surface area contributed by atoms with E-state index in [9.17, 15) is 13.2 Å². The van der Waals surface area contributed by atoms with Crippen molar-refractivity contribution in [3.63, 3.8) is 0 Å². The summed E-state index contributed by atoms with van der Waals surface area (Å²) >= 11 is 0. The topological polar surface area (TPSA) is 41.0 Å². The van der Waals surface area contributed by atoms with Crippen LogP contribution in [0.1, 0.15) is 12.6 Å². The summed E-state index contributed by atoms with van der Waals surface area (Å²) in [6, 6.07) is 1.13. The van der Waals surface area contributed by atoms with Gasteiger partial charge in [-0.25, -0.2) is 9.97 Å². The van der Waals surface area contributed by atoms with Crippen molar-refractivity contribution >= 4 is 5.82 Å². The van der Waals surface area contributed by atoms with Crippen LogP contribution < -0.4 is 10.2 Å². The number of hydrogen-bond acceptors (Lipinski definition) is 4. The van der Waals surface area contributed by atoms with Crippen molar-refractivity contribution in [3.8, 4) is 0 Å². The van der Waals surface area contributed by atoms with Crippen molar-refractivity contribution in [2.24, 2.45) is 0 Å². The molecule has 94 valence electrons. The zero-order chi connectivity index (χ0) is 12.5. The Bertz CT molecular complexity index is 393. The highest BCUT2D eigenvalue weighted by Crippen LogP contribution is 2.29. The molecular weight excluding hydrogens is 233 g/mol. The summed E-state index contributed by atoms with van der Waals surface area (Å²) < 4.78 is 37.5. The van der Waals surface area contributed by atoms with Crippen molar-refractivity contribution in [1.29, 1.82) is 0 Å². The van der Waals surface area contributed by atoms with Crippen LogP contribution in [-0.4, -0.2) is 35.6 Å². The van der Waals surface area contributed by atoms with Gasteiger partial charge in [-0.3, -0.25) is 0 Å². The van der Waals surface area contributed by atoms with Crippen LogP contribution in [0.15, 0.2) is 12.4 Å². The monoisotopic (exact) mass is 246 g/mol. The molecule has 1 fully saturated rings. The molecule has 1 aromatic rings. The van der Waals surface area contributed by atoms with Crippen LogP contribution >= 0.6 is 0 Å². The maximum Gasteiger partial charge on any atom is 0.433 e. The van der Waals surface area contributed by atoms with Crippen LogP contribution in [0.5, 0.6) is 0 Å². The van der Waals surface area contributed by atoms with Gasteiger partial charge in [0.2, 0.25) is 0 Å². The number of aromatic nitrogens is 2. The number of hydrogen-bond donors (Lipinski definition) is 1. The van der Waals surface area contributed by atoms with Gasteiger partial charge in [-0.1, -0.05) is 0 Å². The molecule has 4 nitrogen and oxygen atoms in total. The van der Waals surface area contributed by atoms with Crippen LogP contribution in [0.25, 0.3) is 0 Å². The standard InChI is InChI=1S/C10H13F3N4/c1-7-5-14-2-3-17(7)9-4-8(10(11,12)13)15-6-16-9/h4,6-7,14H,2-3,5H2,1H3/t7-/m1/s1. The number of halogens is 3. The largest absolute Gasteiger partial charge is 0.433 e. The number of nitrogens with one attached hydrogen (secondary N) is 1.